The lowest BCUT2D eigenvalue weighted by molar-refractivity contribution is -0.0821. The van der Waals surface area contributed by atoms with Crippen molar-refractivity contribution in [2.24, 2.45) is 0 Å². The number of aromatic nitrogens is 3. The van der Waals surface area contributed by atoms with Gasteiger partial charge in [-0.3, -0.25) is 9.88 Å². The van der Waals surface area contributed by atoms with Crippen LogP contribution in [0.2, 0.25) is 0 Å². The van der Waals surface area contributed by atoms with Gasteiger partial charge < -0.3 is 9.30 Å². The van der Waals surface area contributed by atoms with Gasteiger partial charge in [0.25, 0.3) is 0 Å². The molecule has 128 valence electrons. The van der Waals surface area contributed by atoms with Gasteiger partial charge in [0, 0.05) is 36.8 Å². The van der Waals surface area contributed by atoms with Gasteiger partial charge in [-0.1, -0.05) is 6.07 Å². The van der Waals surface area contributed by atoms with E-state index in [1.54, 1.807) is 11.3 Å². The minimum Gasteiger partial charge on any atom is -0.364 e. The smallest absolute Gasteiger partial charge is 0.135 e. The Balaban J connectivity index is 1.36. The summed E-state index contributed by atoms with van der Waals surface area (Å²) in [5.41, 5.74) is 3.48. The highest BCUT2D eigenvalue weighted by atomic mass is 32.1. The van der Waals surface area contributed by atoms with Gasteiger partial charge in [0.15, 0.2) is 0 Å². The van der Waals surface area contributed by atoms with Crippen molar-refractivity contribution in [3.8, 4) is 11.3 Å². The molecule has 3 aromatic rings. The predicted molar refractivity (Wildman–Crippen MR) is 97.2 cm³/mol. The molecule has 0 aliphatic carbocycles. The summed E-state index contributed by atoms with van der Waals surface area (Å²) in [5.74, 6) is 1.04. The van der Waals surface area contributed by atoms with Gasteiger partial charge in [0.05, 0.1) is 24.1 Å². The fraction of sp³-hybridized carbons (Fsp3) is 0.368. The summed E-state index contributed by atoms with van der Waals surface area (Å²) in [7, 11) is 0. The molecule has 5 rings (SSSR count). The van der Waals surface area contributed by atoms with Gasteiger partial charge in [0.2, 0.25) is 0 Å². The van der Waals surface area contributed by atoms with E-state index in [1.807, 2.05) is 18.5 Å². The van der Waals surface area contributed by atoms with Crippen molar-refractivity contribution in [3.63, 3.8) is 0 Å². The van der Waals surface area contributed by atoms with Gasteiger partial charge in [-0.25, -0.2) is 4.98 Å². The van der Waals surface area contributed by atoms with E-state index >= 15 is 0 Å². The lowest BCUT2D eigenvalue weighted by Gasteiger charge is -2.35. The second kappa shape index (κ2) is 6.05. The summed E-state index contributed by atoms with van der Waals surface area (Å²) in [5, 5.41) is 4.31. The third-order valence-electron chi connectivity index (χ3n) is 5.22. The molecule has 2 aliphatic rings. The van der Waals surface area contributed by atoms with Crippen molar-refractivity contribution in [2.75, 3.05) is 13.1 Å². The number of likely N-dealkylation sites (tertiary alicyclic amines) is 1. The van der Waals surface area contributed by atoms with Crippen LogP contribution >= 0.6 is 11.3 Å². The molecule has 0 saturated carbocycles. The van der Waals surface area contributed by atoms with Crippen LogP contribution in [0.4, 0.5) is 0 Å². The molecule has 5 nitrogen and oxygen atoms in total. The van der Waals surface area contributed by atoms with Crippen molar-refractivity contribution < 1.29 is 4.74 Å². The van der Waals surface area contributed by atoms with Gasteiger partial charge >= 0.3 is 0 Å². The third-order valence-corrected chi connectivity index (χ3v) is 5.90. The lowest BCUT2D eigenvalue weighted by atomic mass is 10.0. The summed E-state index contributed by atoms with van der Waals surface area (Å²) in [6.07, 6.45) is 4.91. The molecular formula is C19H20N4OS. The molecule has 1 fully saturated rings. The second-order valence-corrected chi connectivity index (χ2v) is 7.69. The van der Waals surface area contributed by atoms with Crippen molar-refractivity contribution in [2.45, 2.75) is 31.7 Å². The monoisotopic (exact) mass is 352 g/mol. The van der Waals surface area contributed by atoms with Crippen LogP contribution in [-0.4, -0.2) is 38.1 Å². The molecule has 0 N–H and O–H groups in total. The maximum Gasteiger partial charge on any atom is 0.135 e. The molecule has 1 atom stereocenters. The molecule has 6 heteroatoms. The number of hydrogen-bond acceptors (Lipinski definition) is 5. The van der Waals surface area contributed by atoms with Crippen LogP contribution in [0.25, 0.3) is 11.3 Å². The summed E-state index contributed by atoms with van der Waals surface area (Å²) in [6, 6.07) is 8.27. The largest absolute Gasteiger partial charge is 0.364 e. The SMILES string of the molecule is c1ccc(CN2CC[C@]3(C2)Cn2c(-c4ccsc4)cnc2CO3)nc1. The predicted octanol–water partition coefficient (Wildman–Crippen LogP) is 3.18. The van der Waals surface area contributed by atoms with E-state index in [-0.39, 0.29) is 5.60 Å². The van der Waals surface area contributed by atoms with E-state index in [4.69, 9.17) is 4.74 Å². The normalized spacial score (nSPS) is 23.2. The Bertz CT molecular complexity index is 861. The first-order valence-electron chi connectivity index (χ1n) is 8.65. The Morgan fingerprint density at radius 3 is 3.04 bits per heavy atom. The van der Waals surface area contributed by atoms with Crippen LogP contribution in [0.5, 0.6) is 0 Å². The molecule has 1 spiro atoms. The average Bonchev–Trinajstić information content (AvgIpc) is 3.36. The van der Waals surface area contributed by atoms with Crippen LogP contribution in [-0.2, 0) is 24.4 Å². The lowest BCUT2D eigenvalue weighted by Crippen LogP contribution is -2.44. The van der Waals surface area contributed by atoms with E-state index < -0.39 is 0 Å². The third kappa shape index (κ3) is 2.80. The zero-order chi connectivity index (χ0) is 16.7. The molecule has 0 unspecified atom stereocenters. The molecule has 0 bridgehead atoms. The highest BCUT2D eigenvalue weighted by Crippen LogP contribution is 2.35. The van der Waals surface area contributed by atoms with Crippen molar-refractivity contribution in [3.05, 3.63) is 58.9 Å². The summed E-state index contributed by atoms with van der Waals surface area (Å²) in [4.78, 5) is 11.5. The fourth-order valence-electron chi connectivity index (χ4n) is 3.93. The first kappa shape index (κ1) is 15.3. The summed E-state index contributed by atoms with van der Waals surface area (Å²) >= 11 is 1.73. The number of rotatable bonds is 3. The molecule has 0 radical (unpaired) electrons. The highest BCUT2D eigenvalue weighted by molar-refractivity contribution is 7.08. The Hall–Kier alpha value is -2.02. The van der Waals surface area contributed by atoms with Crippen molar-refractivity contribution in [1.82, 2.24) is 19.4 Å². The van der Waals surface area contributed by atoms with Crippen LogP contribution in [0.1, 0.15) is 17.9 Å². The maximum absolute atomic E-state index is 6.31. The van der Waals surface area contributed by atoms with E-state index in [9.17, 15) is 0 Å². The number of nitrogens with zero attached hydrogens (tertiary/aromatic N) is 4. The first-order valence-corrected chi connectivity index (χ1v) is 9.59. The minimum absolute atomic E-state index is 0.104. The second-order valence-electron chi connectivity index (χ2n) is 6.91. The number of pyridine rings is 1. The van der Waals surface area contributed by atoms with Crippen LogP contribution in [0, 0.1) is 0 Å². The highest BCUT2D eigenvalue weighted by Gasteiger charge is 2.43. The number of hydrogen-bond donors (Lipinski definition) is 0. The van der Waals surface area contributed by atoms with E-state index in [0.717, 1.165) is 44.1 Å². The van der Waals surface area contributed by atoms with E-state index in [0.29, 0.717) is 6.61 Å². The molecule has 2 aliphatic heterocycles. The molecule has 1 saturated heterocycles. The number of fused-ring (bicyclic) bond motifs is 1. The number of thiophene rings is 1. The Morgan fingerprint density at radius 1 is 1.20 bits per heavy atom. The summed E-state index contributed by atoms with van der Waals surface area (Å²) in [6.45, 7) is 4.37. The maximum atomic E-state index is 6.31. The number of imidazole rings is 1. The molecule has 3 aromatic heterocycles. The van der Waals surface area contributed by atoms with Gasteiger partial charge in [-0.15, -0.1) is 0 Å². The Labute approximate surface area is 150 Å². The Morgan fingerprint density at radius 2 is 2.20 bits per heavy atom. The van der Waals surface area contributed by atoms with Gasteiger partial charge in [-0.05, 0) is 30.0 Å². The van der Waals surface area contributed by atoms with Crippen molar-refractivity contribution >= 4 is 11.3 Å². The topological polar surface area (TPSA) is 43.2 Å². The van der Waals surface area contributed by atoms with Crippen LogP contribution in [0.15, 0.2) is 47.4 Å². The van der Waals surface area contributed by atoms with Crippen LogP contribution < -0.4 is 0 Å². The standard InChI is InChI=1S/C19H20N4OS/c1-2-6-20-16(3-1)10-22-7-5-19(13-22)14-23-17(15-4-8-25-12-15)9-21-18(23)11-24-19/h1-4,6,8-9,12H,5,7,10-11,13-14H2/t19-/m0/s1. The molecule has 25 heavy (non-hydrogen) atoms. The minimum atomic E-state index is -0.104. The van der Waals surface area contributed by atoms with Gasteiger partial charge in [0.1, 0.15) is 18.0 Å². The molecule has 0 aromatic carbocycles. The van der Waals surface area contributed by atoms with E-state index in [2.05, 4.69) is 48.4 Å². The average molecular weight is 352 g/mol. The Kier molecular flexibility index (Phi) is 3.69. The molecular weight excluding hydrogens is 332 g/mol. The van der Waals surface area contributed by atoms with E-state index in [1.165, 1.54) is 11.3 Å². The zero-order valence-electron chi connectivity index (χ0n) is 14.0. The van der Waals surface area contributed by atoms with Crippen LogP contribution in [0.3, 0.4) is 0 Å². The quantitative estimate of drug-likeness (QED) is 0.726. The molecule has 0 amide bonds. The molecule has 5 heterocycles. The summed E-state index contributed by atoms with van der Waals surface area (Å²) < 4.78 is 8.67. The first-order chi connectivity index (χ1) is 12.3. The zero-order valence-corrected chi connectivity index (χ0v) is 14.8. The van der Waals surface area contributed by atoms with Crippen molar-refractivity contribution in [1.29, 1.82) is 0 Å². The van der Waals surface area contributed by atoms with Gasteiger partial charge in [-0.2, -0.15) is 11.3 Å². The fourth-order valence-corrected chi connectivity index (χ4v) is 4.58. The number of ether oxygens (including phenoxy) is 1.